The second-order valence-electron chi connectivity index (χ2n) is 8.41. The van der Waals surface area contributed by atoms with Gasteiger partial charge in [-0.1, -0.05) is 29.8 Å². The maximum atomic E-state index is 13.7. The van der Waals surface area contributed by atoms with E-state index in [1.807, 2.05) is 43.3 Å². The van der Waals surface area contributed by atoms with Gasteiger partial charge in [0.1, 0.15) is 5.65 Å². The molecule has 0 bridgehead atoms. The maximum Gasteiger partial charge on any atom is 0.260 e. The summed E-state index contributed by atoms with van der Waals surface area (Å²) in [7, 11) is 1.74. The number of pyridine rings is 2. The number of aryl methyl sites for hydroxylation is 2. The third-order valence-electron chi connectivity index (χ3n) is 5.98. The molecule has 35 heavy (non-hydrogen) atoms. The highest BCUT2D eigenvalue weighted by Gasteiger charge is 2.19. The van der Waals surface area contributed by atoms with E-state index in [2.05, 4.69) is 20.3 Å². The molecule has 1 N–H and O–H groups in total. The topological polar surface area (TPSA) is 91.2 Å². The quantitative estimate of drug-likeness (QED) is 0.418. The predicted molar refractivity (Wildman–Crippen MR) is 137 cm³/mol. The third kappa shape index (κ3) is 4.91. The van der Waals surface area contributed by atoms with E-state index in [9.17, 15) is 4.79 Å². The van der Waals surface area contributed by atoms with Crippen LogP contribution in [0.3, 0.4) is 0 Å². The molecule has 1 fully saturated rings. The molecule has 4 aromatic rings. The number of nitrogens with one attached hydrogen (secondary N) is 1. The fourth-order valence-electron chi connectivity index (χ4n) is 4.21. The summed E-state index contributed by atoms with van der Waals surface area (Å²) >= 11 is 6.72. The Bertz CT molecular complexity index is 1430. The molecule has 9 heteroatoms. The van der Waals surface area contributed by atoms with Crippen LogP contribution in [0.15, 0.2) is 53.5 Å². The van der Waals surface area contributed by atoms with Crippen molar-refractivity contribution in [2.75, 3.05) is 25.6 Å². The molecule has 8 nitrogen and oxygen atoms in total. The molecule has 0 saturated carbocycles. The van der Waals surface area contributed by atoms with E-state index in [4.69, 9.17) is 21.1 Å². The van der Waals surface area contributed by atoms with Gasteiger partial charge in [-0.05, 0) is 37.6 Å². The first-order chi connectivity index (χ1) is 17.0. The number of ether oxygens (including phenoxy) is 2. The smallest absolute Gasteiger partial charge is 0.260 e. The molecule has 0 aliphatic carbocycles. The highest BCUT2D eigenvalue weighted by molar-refractivity contribution is 6.33. The van der Waals surface area contributed by atoms with Gasteiger partial charge in [-0.25, -0.2) is 4.98 Å². The molecule has 0 atom stereocenters. The lowest BCUT2D eigenvalue weighted by molar-refractivity contribution is -0.182. The SMILES string of the molecule is CNc1ncc2cc(-c3ccc(-c4cccc(C)n4)cc3Cl)c(=O)n(CCC3OCCCO3)c2n1. The van der Waals surface area contributed by atoms with Crippen molar-refractivity contribution in [2.45, 2.75) is 32.6 Å². The number of hydrogen-bond acceptors (Lipinski definition) is 7. The van der Waals surface area contributed by atoms with Crippen LogP contribution >= 0.6 is 11.6 Å². The first-order valence-electron chi connectivity index (χ1n) is 11.6. The normalized spacial score (nSPS) is 14.4. The minimum absolute atomic E-state index is 0.183. The molecular weight excluding hydrogens is 466 g/mol. The average Bonchev–Trinajstić information content (AvgIpc) is 2.88. The number of benzene rings is 1. The molecule has 5 rings (SSSR count). The Morgan fingerprint density at radius 3 is 2.69 bits per heavy atom. The van der Waals surface area contributed by atoms with Crippen molar-refractivity contribution in [1.29, 1.82) is 0 Å². The Balaban J connectivity index is 1.58. The van der Waals surface area contributed by atoms with Crippen molar-refractivity contribution in [3.63, 3.8) is 0 Å². The summed E-state index contributed by atoms with van der Waals surface area (Å²) in [4.78, 5) is 27.2. The van der Waals surface area contributed by atoms with Crippen LogP contribution in [0.25, 0.3) is 33.4 Å². The minimum atomic E-state index is -0.343. The zero-order valence-electron chi connectivity index (χ0n) is 19.6. The predicted octanol–water partition coefficient (Wildman–Crippen LogP) is 4.68. The molecule has 1 saturated heterocycles. The van der Waals surface area contributed by atoms with Gasteiger partial charge < -0.3 is 14.8 Å². The van der Waals surface area contributed by atoms with E-state index in [-0.39, 0.29) is 11.8 Å². The lowest BCUT2D eigenvalue weighted by Crippen LogP contribution is -2.29. The number of fused-ring (bicyclic) bond motifs is 1. The van der Waals surface area contributed by atoms with Gasteiger partial charge in [0.05, 0.1) is 18.9 Å². The first-order valence-corrected chi connectivity index (χ1v) is 12.0. The molecule has 1 aliphatic rings. The van der Waals surface area contributed by atoms with Crippen LogP contribution in [-0.4, -0.2) is 46.1 Å². The van der Waals surface area contributed by atoms with Crippen LogP contribution < -0.4 is 10.9 Å². The summed E-state index contributed by atoms with van der Waals surface area (Å²) in [5, 5.41) is 4.15. The molecule has 1 aromatic carbocycles. The second kappa shape index (κ2) is 10.1. The highest BCUT2D eigenvalue weighted by atomic mass is 35.5. The van der Waals surface area contributed by atoms with Crippen molar-refractivity contribution in [1.82, 2.24) is 19.5 Å². The summed E-state index contributed by atoms with van der Waals surface area (Å²) < 4.78 is 13.0. The van der Waals surface area contributed by atoms with Crippen molar-refractivity contribution >= 4 is 28.6 Å². The van der Waals surface area contributed by atoms with E-state index in [1.165, 1.54) is 0 Å². The third-order valence-corrected chi connectivity index (χ3v) is 6.29. The van der Waals surface area contributed by atoms with Gasteiger partial charge >= 0.3 is 0 Å². The molecule has 3 aromatic heterocycles. The number of aromatic nitrogens is 4. The lowest BCUT2D eigenvalue weighted by atomic mass is 10.0. The van der Waals surface area contributed by atoms with E-state index in [1.54, 1.807) is 23.9 Å². The Morgan fingerprint density at radius 2 is 1.94 bits per heavy atom. The Labute approximate surface area is 207 Å². The van der Waals surface area contributed by atoms with E-state index in [0.29, 0.717) is 53.9 Å². The van der Waals surface area contributed by atoms with Crippen LogP contribution in [0.5, 0.6) is 0 Å². The van der Waals surface area contributed by atoms with Gasteiger partial charge in [0.2, 0.25) is 5.95 Å². The van der Waals surface area contributed by atoms with Gasteiger partial charge in [0.25, 0.3) is 5.56 Å². The first kappa shape index (κ1) is 23.4. The van der Waals surface area contributed by atoms with Crippen molar-refractivity contribution in [2.24, 2.45) is 0 Å². The van der Waals surface area contributed by atoms with Crippen LogP contribution in [-0.2, 0) is 16.0 Å². The lowest BCUT2D eigenvalue weighted by Gasteiger charge is -2.23. The van der Waals surface area contributed by atoms with Gasteiger partial charge in [0, 0.05) is 59.0 Å². The molecule has 4 heterocycles. The summed E-state index contributed by atoms with van der Waals surface area (Å²) in [5.74, 6) is 0.441. The van der Waals surface area contributed by atoms with Gasteiger partial charge in [0.15, 0.2) is 6.29 Å². The zero-order valence-corrected chi connectivity index (χ0v) is 20.4. The van der Waals surface area contributed by atoms with E-state index < -0.39 is 0 Å². The van der Waals surface area contributed by atoms with Crippen LogP contribution in [0.1, 0.15) is 18.5 Å². The minimum Gasteiger partial charge on any atom is -0.357 e. The fraction of sp³-hybridized carbons (Fsp3) is 0.308. The maximum absolute atomic E-state index is 13.7. The van der Waals surface area contributed by atoms with Crippen LogP contribution in [0.2, 0.25) is 5.02 Å². The summed E-state index contributed by atoms with van der Waals surface area (Å²) in [6.45, 7) is 3.65. The Hall–Kier alpha value is -3.33. The summed E-state index contributed by atoms with van der Waals surface area (Å²) in [6, 6.07) is 13.3. The Morgan fingerprint density at radius 1 is 1.11 bits per heavy atom. The largest absolute Gasteiger partial charge is 0.357 e. The van der Waals surface area contributed by atoms with Crippen LogP contribution in [0.4, 0.5) is 5.95 Å². The number of anilines is 1. The molecule has 0 unspecified atom stereocenters. The van der Waals surface area contributed by atoms with Gasteiger partial charge in [-0.15, -0.1) is 0 Å². The van der Waals surface area contributed by atoms with Crippen LogP contribution in [0, 0.1) is 6.92 Å². The second-order valence-corrected chi connectivity index (χ2v) is 8.82. The number of rotatable bonds is 6. The van der Waals surface area contributed by atoms with Crippen molar-refractivity contribution < 1.29 is 9.47 Å². The number of hydrogen-bond donors (Lipinski definition) is 1. The molecule has 1 aliphatic heterocycles. The standard InChI is InChI=1S/C26H26ClN5O3/c1-16-5-3-6-22(30-16)17-7-8-19(21(27)14-17)20-13-18-15-29-26(28-2)31-24(18)32(25(20)33)10-9-23-34-11-4-12-35-23/h3,5-8,13-15,23H,4,9-12H2,1-2H3,(H,28,29,31). The highest BCUT2D eigenvalue weighted by Crippen LogP contribution is 2.31. The summed E-state index contributed by atoms with van der Waals surface area (Å²) in [5.41, 5.74) is 4.13. The number of nitrogens with zero attached hydrogens (tertiary/aromatic N) is 4. The van der Waals surface area contributed by atoms with Crippen molar-refractivity contribution in [3.8, 4) is 22.4 Å². The molecule has 0 spiro atoms. The zero-order chi connectivity index (χ0) is 24.4. The molecule has 0 radical (unpaired) electrons. The molecule has 0 amide bonds. The fourth-order valence-corrected chi connectivity index (χ4v) is 4.50. The van der Waals surface area contributed by atoms with E-state index >= 15 is 0 Å². The van der Waals surface area contributed by atoms with Gasteiger partial charge in [-0.2, -0.15) is 4.98 Å². The Kier molecular flexibility index (Phi) is 6.77. The van der Waals surface area contributed by atoms with E-state index in [0.717, 1.165) is 28.8 Å². The summed E-state index contributed by atoms with van der Waals surface area (Å²) in [6.07, 6.45) is 2.77. The molecular formula is C26H26ClN5O3. The monoisotopic (exact) mass is 491 g/mol. The van der Waals surface area contributed by atoms with Gasteiger partial charge in [-0.3, -0.25) is 14.3 Å². The molecule has 180 valence electrons. The number of halogens is 1. The average molecular weight is 492 g/mol. The van der Waals surface area contributed by atoms with Crippen molar-refractivity contribution in [3.05, 3.63) is 69.7 Å².